The number of carboxylic acids is 1. The molecule has 3 atom stereocenters. The summed E-state index contributed by atoms with van der Waals surface area (Å²) in [6.07, 6.45) is -1.47. The van der Waals surface area contributed by atoms with Crippen molar-refractivity contribution in [2.45, 2.75) is 42.9 Å². The third-order valence-electron chi connectivity index (χ3n) is 4.75. The molecule has 146 valence electrons. The maximum atomic E-state index is 13.2. The van der Waals surface area contributed by atoms with Crippen LogP contribution in [0.15, 0.2) is 35.5 Å². The average Bonchev–Trinajstić information content (AvgIpc) is 3.18. The number of nitrogens with one attached hydrogen (secondary N) is 1. The second kappa shape index (κ2) is 7.33. The first-order chi connectivity index (χ1) is 12.7. The number of benzene rings is 1. The van der Waals surface area contributed by atoms with Crippen LogP contribution >= 0.6 is 0 Å². The Morgan fingerprint density at radius 3 is 2.59 bits per heavy atom. The van der Waals surface area contributed by atoms with Crippen LogP contribution in [0.2, 0.25) is 0 Å². The lowest BCUT2D eigenvalue weighted by atomic mass is 9.82. The molecule has 1 saturated heterocycles. The fourth-order valence-corrected chi connectivity index (χ4v) is 4.70. The lowest BCUT2D eigenvalue weighted by Gasteiger charge is -2.39. The van der Waals surface area contributed by atoms with Crippen LogP contribution in [0.1, 0.15) is 31.1 Å². The summed E-state index contributed by atoms with van der Waals surface area (Å²) < 4.78 is 37.4. The highest BCUT2D eigenvalue weighted by Crippen LogP contribution is 2.39. The largest absolute Gasteiger partial charge is 0.481 e. The minimum atomic E-state index is -4.02. The summed E-state index contributed by atoms with van der Waals surface area (Å²) in [6.45, 7) is 2.86. The SMILES string of the molecule is CC(C)(C(=O)O)[C@H]1C[C@@H](C(c2ccccc2)S(=O)(=O)c2nnn[nH]2)OCO1. The van der Waals surface area contributed by atoms with E-state index in [0.29, 0.717) is 5.56 Å². The Morgan fingerprint density at radius 1 is 1.30 bits per heavy atom. The van der Waals surface area contributed by atoms with E-state index in [1.54, 1.807) is 30.3 Å². The van der Waals surface area contributed by atoms with Gasteiger partial charge in [-0.1, -0.05) is 35.4 Å². The van der Waals surface area contributed by atoms with Crippen molar-refractivity contribution < 1.29 is 27.8 Å². The standard InChI is InChI=1S/C16H20N4O6S/c1-16(2,14(21)22)12-8-11(25-9-26-12)13(10-6-4-3-5-7-10)27(23,24)15-17-19-20-18-15/h3-7,11-13H,8-9H2,1-2H3,(H,21,22)(H,17,18,19,20)/t11-,12+,13?/m0/s1. The molecule has 0 bridgehead atoms. The van der Waals surface area contributed by atoms with Crippen LogP contribution < -0.4 is 0 Å². The zero-order valence-corrected chi connectivity index (χ0v) is 15.6. The van der Waals surface area contributed by atoms with E-state index in [9.17, 15) is 18.3 Å². The molecule has 1 aliphatic rings. The number of hydrogen-bond acceptors (Lipinski definition) is 8. The Balaban J connectivity index is 2.00. The van der Waals surface area contributed by atoms with Crippen LogP contribution in [-0.4, -0.2) is 59.1 Å². The first-order valence-corrected chi connectivity index (χ1v) is 9.78. The van der Waals surface area contributed by atoms with Gasteiger partial charge in [0.1, 0.15) is 12.0 Å². The number of hydrogen-bond donors (Lipinski definition) is 2. The van der Waals surface area contributed by atoms with E-state index in [4.69, 9.17) is 9.47 Å². The van der Waals surface area contributed by atoms with Gasteiger partial charge in [-0.25, -0.2) is 13.5 Å². The first-order valence-electron chi connectivity index (χ1n) is 8.23. The molecule has 1 fully saturated rings. The molecule has 1 aliphatic heterocycles. The van der Waals surface area contributed by atoms with Crippen LogP contribution in [0, 0.1) is 5.41 Å². The van der Waals surface area contributed by atoms with E-state index in [0.717, 1.165) is 0 Å². The highest BCUT2D eigenvalue weighted by Gasteiger charge is 2.47. The maximum absolute atomic E-state index is 13.2. The minimum Gasteiger partial charge on any atom is -0.481 e. The first kappa shape index (κ1) is 19.4. The van der Waals surface area contributed by atoms with E-state index in [1.165, 1.54) is 13.8 Å². The van der Waals surface area contributed by atoms with Crippen molar-refractivity contribution in [3.63, 3.8) is 0 Å². The van der Waals surface area contributed by atoms with E-state index in [-0.39, 0.29) is 18.4 Å². The van der Waals surface area contributed by atoms with Gasteiger partial charge in [0.2, 0.25) is 9.84 Å². The van der Waals surface area contributed by atoms with Crippen molar-refractivity contribution in [3.8, 4) is 0 Å². The highest BCUT2D eigenvalue weighted by molar-refractivity contribution is 7.91. The fraction of sp³-hybridized carbons (Fsp3) is 0.500. The Bertz CT molecular complexity index is 885. The highest BCUT2D eigenvalue weighted by atomic mass is 32.2. The van der Waals surface area contributed by atoms with Gasteiger partial charge in [-0.2, -0.15) is 0 Å². The number of aromatic nitrogens is 4. The van der Waals surface area contributed by atoms with Gasteiger partial charge in [-0.15, -0.1) is 0 Å². The molecule has 0 radical (unpaired) electrons. The number of aromatic amines is 1. The number of carbonyl (C=O) groups is 1. The third-order valence-corrected chi connectivity index (χ3v) is 6.71. The van der Waals surface area contributed by atoms with Gasteiger partial charge < -0.3 is 14.6 Å². The molecule has 0 amide bonds. The summed E-state index contributed by atoms with van der Waals surface area (Å²) in [6, 6.07) is 8.54. The summed E-state index contributed by atoms with van der Waals surface area (Å²) in [7, 11) is -4.02. The normalized spacial score (nSPS) is 22.3. The van der Waals surface area contributed by atoms with Crippen LogP contribution in [0.5, 0.6) is 0 Å². The topological polar surface area (TPSA) is 144 Å². The molecule has 1 aromatic carbocycles. The molecule has 2 heterocycles. The summed E-state index contributed by atoms with van der Waals surface area (Å²) in [5.41, 5.74) is -0.714. The molecule has 3 rings (SSSR count). The molecular formula is C16H20N4O6S. The molecule has 2 aromatic rings. The monoisotopic (exact) mass is 396 g/mol. The quantitative estimate of drug-likeness (QED) is 0.729. The van der Waals surface area contributed by atoms with Crippen LogP contribution in [0.3, 0.4) is 0 Å². The zero-order valence-electron chi connectivity index (χ0n) is 14.8. The lowest BCUT2D eigenvalue weighted by molar-refractivity contribution is -0.209. The minimum absolute atomic E-state index is 0.0830. The van der Waals surface area contributed by atoms with Gasteiger partial charge in [0.15, 0.2) is 0 Å². The van der Waals surface area contributed by atoms with Crippen molar-refractivity contribution in [2.75, 3.05) is 6.79 Å². The zero-order chi connectivity index (χ0) is 19.7. The van der Waals surface area contributed by atoms with Gasteiger partial charge in [-0.3, -0.25) is 4.79 Å². The van der Waals surface area contributed by atoms with Crippen molar-refractivity contribution in [3.05, 3.63) is 35.9 Å². The van der Waals surface area contributed by atoms with E-state index in [2.05, 4.69) is 20.6 Å². The molecule has 1 aromatic heterocycles. The van der Waals surface area contributed by atoms with Crippen molar-refractivity contribution >= 4 is 15.8 Å². The van der Waals surface area contributed by atoms with E-state index in [1.807, 2.05) is 0 Å². The molecule has 2 N–H and O–H groups in total. The maximum Gasteiger partial charge on any atom is 0.311 e. The molecular weight excluding hydrogens is 376 g/mol. The third kappa shape index (κ3) is 3.70. The number of carboxylic acid groups (broad SMARTS) is 1. The van der Waals surface area contributed by atoms with Crippen LogP contribution in [-0.2, 0) is 24.1 Å². The predicted molar refractivity (Wildman–Crippen MR) is 91.2 cm³/mol. The molecule has 11 heteroatoms. The summed E-state index contributed by atoms with van der Waals surface area (Å²) in [5.74, 6) is -1.04. The number of nitrogens with zero attached hydrogens (tertiary/aromatic N) is 3. The Morgan fingerprint density at radius 2 is 2.00 bits per heavy atom. The molecule has 10 nitrogen and oxygen atoms in total. The van der Waals surface area contributed by atoms with Gasteiger partial charge in [0, 0.05) is 6.42 Å². The Kier molecular flexibility index (Phi) is 5.27. The van der Waals surface area contributed by atoms with Gasteiger partial charge in [0.05, 0.1) is 17.6 Å². The number of sulfone groups is 1. The number of tetrazole rings is 1. The van der Waals surface area contributed by atoms with Gasteiger partial charge in [0.25, 0.3) is 5.16 Å². The number of ether oxygens (including phenoxy) is 2. The molecule has 0 spiro atoms. The van der Waals surface area contributed by atoms with E-state index >= 15 is 0 Å². The fourth-order valence-electron chi connectivity index (χ4n) is 3.04. The summed E-state index contributed by atoms with van der Waals surface area (Å²) >= 11 is 0. The number of rotatable bonds is 6. The van der Waals surface area contributed by atoms with Crippen LogP contribution in [0.4, 0.5) is 0 Å². The second-order valence-electron chi connectivity index (χ2n) is 6.82. The number of H-pyrrole nitrogens is 1. The molecule has 0 aliphatic carbocycles. The van der Waals surface area contributed by atoms with Gasteiger partial charge >= 0.3 is 5.97 Å². The van der Waals surface area contributed by atoms with Crippen LogP contribution in [0.25, 0.3) is 0 Å². The smallest absolute Gasteiger partial charge is 0.311 e. The lowest BCUT2D eigenvalue weighted by Crippen LogP contribution is -2.47. The molecule has 0 saturated carbocycles. The Hall–Kier alpha value is -2.37. The number of aliphatic carboxylic acids is 1. The second-order valence-corrected chi connectivity index (χ2v) is 8.81. The molecule has 27 heavy (non-hydrogen) atoms. The summed E-state index contributed by atoms with van der Waals surface area (Å²) in [4.78, 5) is 11.6. The predicted octanol–water partition coefficient (Wildman–Crippen LogP) is 0.957. The Labute approximate surface area is 155 Å². The van der Waals surface area contributed by atoms with Crippen molar-refractivity contribution in [1.82, 2.24) is 20.6 Å². The van der Waals surface area contributed by atoms with Crippen molar-refractivity contribution in [2.24, 2.45) is 5.41 Å². The summed E-state index contributed by atoms with van der Waals surface area (Å²) in [5, 5.41) is 20.5. The molecule has 1 unspecified atom stereocenters. The van der Waals surface area contributed by atoms with Crippen molar-refractivity contribution in [1.29, 1.82) is 0 Å². The van der Waals surface area contributed by atoms with Gasteiger partial charge in [-0.05, 0) is 29.8 Å². The van der Waals surface area contributed by atoms with E-state index < -0.39 is 38.7 Å². The average molecular weight is 396 g/mol.